The minimum atomic E-state index is -3.54. The highest BCUT2D eigenvalue weighted by molar-refractivity contribution is 7.88. The van der Waals surface area contributed by atoms with Crippen LogP contribution in [0.25, 0.3) is 5.69 Å². The van der Waals surface area contributed by atoms with Crippen molar-refractivity contribution in [3.05, 3.63) is 93.9 Å². The van der Waals surface area contributed by atoms with Gasteiger partial charge in [-0.25, -0.2) is 13.1 Å². The third-order valence-corrected chi connectivity index (χ3v) is 5.66. The molecule has 3 aromatic rings. The number of pyridine rings is 1. The molecule has 3 rings (SSSR count). The van der Waals surface area contributed by atoms with Gasteiger partial charge < -0.3 is 10.6 Å². The van der Waals surface area contributed by atoms with Crippen molar-refractivity contribution in [2.75, 3.05) is 18.1 Å². The van der Waals surface area contributed by atoms with E-state index < -0.39 is 27.9 Å². The number of benzene rings is 2. The Hall–Kier alpha value is -3.47. The lowest BCUT2D eigenvalue weighted by Crippen LogP contribution is -2.45. The second kappa shape index (κ2) is 11.1. The van der Waals surface area contributed by atoms with Gasteiger partial charge in [-0.05, 0) is 54.6 Å². The first-order chi connectivity index (χ1) is 16.1. The summed E-state index contributed by atoms with van der Waals surface area (Å²) in [6.45, 7) is -0.171. The molecule has 11 heteroatoms. The maximum atomic E-state index is 12.8. The molecule has 0 spiro atoms. The molecule has 9 nitrogen and oxygen atoms in total. The molecule has 0 saturated heterocycles. The van der Waals surface area contributed by atoms with E-state index in [0.29, 0.717) is 16.4 Å². The Bertz CT molecular complexity index is 1320. The molecular weight excluding hydrogens is 480 g/mol. The van der Waals surface area contributed by atoms with E-state index in [1.54, 1.807) is 66.9 Å². The molecule has 2 amide bonds. The number of nitrogens with one attached hydrogen (secondary N) is 3. The Labute approximate surface area is 201 Å². The molecule has 0 aliphatic carbocycles. The number of sulfonamides is 1. The fourth-order valence-electron chi connectivity index (χ4n) is 3.08. The Morgan fingerprint density at radius 1 is 1.00 bits per heavy atom. The number of halogens is 1. The summed E-state index contributed by atoms with van der Waals surface area (Å²) in [5, 5.41) is 5.89. The highest BCUT2D eigenvalue weighted by Crippen LogP contribution is 2.14. The first kappa shape index (κ1) is 25.2. The van der Waals surface area contributed by atoms with Gasteiger partial charge in [-0.2, -0.15) is 0 Å². The lowest BCUT2D eigenvalue weighted by atomic mass is 10.1. The van der Waals surface area contributed by atoms with Crippen molar-refractivity contribution >= 4 is 39.1 Å². The summed E-state index contributed by atoms with van der Waals surface area (Å²) >= 11 is 5.84. The van der Waals surface area contributed by atoms with Gasteiger partial charge in [-0.1, -0.05) is 17.7 Å². The number of nitrogens with zero attached hydrogens (tertiary/aromatic N) is 1. The molecule has 3 N–H and O–H groups in total. The van der Waals surface area contributed by atoms with Crippen LogP contribution < -0.4 is 20.9 Å². The third kappa shape index (κ3) is 7.55. The Morgan fingerprint density at radius 3 is 2.29 bits per heavy atom. The summed E-state index contributed by atoms with van der Waals surface area (Å²) in [6, 6.07) is 16.8. The molecule has 0 bridgehead atoms. The van der Waals surface area contributed by atoms with Crippen LogP contribution in [-0.2, 0) is 14.8 Å². The third-order valence-electron chi connectivity index (χ3n) is 4.72. The fourth-order valence-corrected chi connectivity index (χ4v) is 3.71. The van der Waals surface area contributed by atoms with Gasteiger partial charge in [0.2, 0.25) is 15.9 Å². The van der Waals surface area contributed by atoms with Gasteiger partial charge in [0.25, 0.3) is 11.5 Å². The van der Waals surface area contributed by atoms with Crippen molar-refractivity contribution in [3.63, 3.8) is 0 Å². The summed E-state index contributed by atoms with van der Waals surface area (Å²) < 4.78 is 26.8. The smallest absolute Gasteiger partial charge is 0.255 e. The normalized spacial score (nSPS) is 12.1. The molecule has 178 valence electrons. The maximum absolute atomic E-state index is 12.8. The lowest BCUT2D eigenvalue weighted by molar-refractivity contribution is -0.116. The molecule has 0 radical (unpaired) electrons. The molecule has 0 saturated carbocycles. The number of amides is 2. The second-order valence-electron chi connectivity index (χ2n) is 7.51. The van der Waals surface area contributed by atoms with Crippen LogP contribution in [0.3, 0.4) is 0 Å². The largest absolute Gasteiger partial charge is 0.347 e. The molecule has 0 aliphatic heterocycles. The first-order valence-electron chi connectivity index (χ1n) is 10.2. The zero-order valence-corrected chi connectivity index (χ0v) is 19.8. The van der Waals surface area contributed by atoms with E-state index in [0.717, 1.165) is 6.26 Å². The van der Waals surface area contributed by atoms with Gasteiger partial charge in [0.15, 0.2) is 0 Å². The quantitative estimate of drug-likeness (QED) is 0.413. The number of carbonyl (C=O) groups excluding carboxylic acids is 2. The fraction of sp³-hybridized carbons (Fsp3) is 0.174. The van der Waals surface area contributed by atoms with E-state index in [-0.39, 0.29) is 24.1 Å². The summed E-state index contributed by atoms with van der Waals surface area (Å²) in [7, 11) is -3.54. The van der Waals surface area contributed by atoms with E-state index in [1.165, 1.54) is 10.6 Å². The van der Waals surface area contributed by atoms with Crippen LogP contribution in [0.1, 0.15) is 16.8 Å². The average molecular weight is 503 g/mol. The SMILES string of the molecule is CS(=O)(=O)NCC(CC(=O)Nc1ccc(Cl)cc1)NC(=O)c1ccc(-n2ccccc2=O)cc1. The Kier molecular flexibility index (Phi) is 8.21. The van der Waals surface area contributed by atoms with Crippen LogP contribution in [0.4, 0.5) is 5.69 Å². The molecule has 2 aromatic carbocycles. The van der Waals surface area contributed by atoms with E-state index in [1.807, 2.05) is 0 Å². The number of rotatable bonds is 9. The van der Waals surface area contributed by atoms with E-state index in [4.69, 9.17) is 11.6 Å². The van der Waals surface area contributed by atoms with Crippen molar-refractivity contribution in [2.24, 2.45) is 0 Å². The molecular formula is C23H23ClN4O5S. The standard InChI is InChI=1S/C23H23ClN4O5S/c1-34(32,33)25-15-19(14-21(29)26-18-9-7-17(24)8-10-18)27-23(31)16-5-11-20(12-6-16)28-13-3-2-4-22(28)30/h2-13,19,25H,14-15H2,1H3,(H,26,29)(H,27,31). The van der Waals surface area contributed by atoms with Crippen molar-refractivity contribution in [2.45, 2.75) is 12.5 Å². The van der Waals surface area contributed by atoms with E-state index >= 15 is 0 Å². The first-order valence-corrected chi connectivity index (χ1v) is 12.5. The van der Waals surface area contributed by atoms with Crippen LogP contribution in [-0.4, -0.2) is 43.6 Å². The van der Waals surface area contributed by atoms with E-state index in [9.17, 15) is 22.8 Å². The average Bonchev–Trinajstić information content (AvgIpc) is 2.79. The molecule has 0 aliphatic rings. The molecule has 1 unspecified atom stereocenters. The summed E-state index contributed by atoms with van der Waals surface area (Å²) in [5.41, 5.74) is 1.18. The van der Waals surface area contributed by atoms with E-state index in [2.05, 4.69) is 15.4 Å². The van der Waals surface area contributed by atoms with Gasteiger partial charge in [0, 0.05) is 47.2 Å². The number of hydrogen-bond acceptors (Lipinski definition) is 5. The highest BCUT2D eigenvalue weighted by Gasteiger charge is 2.19. The number of aromatic nitrogens is 1. The zero-order valence-electron chi connectivity index (χ0n) is 18.2. The summed E-state index contributed by atoms with van der Waals surface area (Å²) in [5.74, 6) is -0.909. The van der Waals surface area contributed by atoms with Crippen LogP contribution in [0.5, 0.6) is 0 Å². The van der Waals surface area contributed by atoms with Crippen molar-refractivity contribution < 1.29 is 18.0 Å². The molecule has 1 aromatic heterocycles. The highest BCUT2D eigenvalue weighted by atomic mass is 35.5. The Morgan fingerprint density at radius 2 is 1.68 bits per heavy atom. The Balaban J connectivity index is 1.69. The lowest BCUT2D eigenvalue weighted by Gasteiger charge is -2.19. The van der Waals surface area contributed by atoms with Gasteiger partial charge in [0.1, 0.15) is 0 Å². The predicted molar refractivity (Wildman–Crippen MR) is 131 cm³/mol. The van der Waals surface area contributed by atoms with Gasteiger partial charge in [-0.15, -0.1) is 0 Å². The topological polar surface area (TPSA) is 126 Å². The predicted octanol–water partition coefficient (Wildman–Crippen LogP) is 2.17. The van der Waals surface area contributed by atoms with Crippen LogP contribution in [0.15, 0.2) is 77.7 Å². The minimum absolute atomic E-state index is 0.171. The monoisotopic (exact) mass is 502 g/mol. The summed E-state index contributed by atoms with van der Waals surface area (Å²) in [4.78, 5) is 37.2. The minimum Gasteiger partial charge on any atom is -0.347 e. The van der Waals surface area contributed by atoms with Gasteiger partial charge in [0.05, 0.1) is 12.3 Å². The summed E-state index contributed by atoms with van der Waals surface area (Å²) in [6.07, 6.45) is 2.43. The molecule has 34 heavy (non-hydrogen) atoms. The number of carbonyl (C=O) groups is 2. The van der Waals surface area contributed by atoms with Crippen molar-refractivity contribution in [3.8, 4) is 5.69 Å². The molecule has 1 heterocycles. The van der Waals surface area contributed by atoms with Crippen LogP contribution in [0, 0.1) is 0 Å². The molecule has 0 fully saturated rings. The van der Waals surface area contributed by atoms with Gasteiger partial charge >= 0.3 is 0 Å². The van der Waals surface area contributed by atoms with Gasteiger partial charge in [-0.3, -0.25) is 19.0 Å². The van der Waals surface area contributed by atoms with Crippen molar-refractivity contribution in [1.82, 2.24) is 14.6 Å². The zero-order chi connectivity index (χ0) is 24.7. The van der Waals surface area contributed by atoms with Crippen molar-refractivity contribution in [1.29, 1.82) is 0 Å². The maximum Gasteiger partial charge on any atom is 0.255 e. The molecule has 1 atom stereocenters. The van der Waals surface area contributed by atoms with Crippen LogP contribution >= 0.6 is 11.6 Å². The number of hydrogen-bond donors (Lipinski definition) is 3. The number of anilines is 1. The second-order valence-corrected chi connectivity index (χ2v) is 9.78. The van der Waals surface area contributed by atoms with Crippen LogP contribution in [0.2, 0.25) is 5.02 Å².